The molecule has 1 unspecified atom stereocenters. The molecule has 0 bridgehead atoms. The first-order chi connectivity index (χ1) is 8.84. The Morgan fingerprint density at radius 2 is 2.11 bits per heavy atom. The monoisotopic (exact) mass is 249 g/mol. The van der Waals surface area contributed by atoms with E-state index in [9.17, 15) is 4.39 Å². The van der Waals surface area contributed by atoms with Crippen molar-refractivity contribution in [2.75, 3.05) is 19.7 Å². The third-order valence-corrected chi connectivity index (χ3v) is 4.06. The van der Waals surface area contributed by atoms with E-state index in [1.165, 1.54) is 12.8 Å². The molecular formula is C15H20FNO. The average molecular weight is 249 g/mol. The maximum absolute atomic E-state index is 13.6. The second-order valence-corrected chi connectivity index (χ2v) is 5.38. The van der Waals surface area contributed by atoms with Gasteiger partial charge in [-0.3, -0.25) is 0 Å². The van der Waals surface area contributed by atoms with Crippen LogP contribution in [0.25, 0.3) is 0 Å². The lowest BCUT2D eigenvalue weighted by Gasteiger charge is -2.23. The van der Waals surface area contributed by atoms with E-state index < -0.39 is 0 Å². The first-order valence-corrected chi connectivity index (χ1v) is 6.98. The summed E-state index contributed by atoms with van der Waals surface area (Å²) in [7, 11) is 0. The smallest absolute Gasteiger partial charge is 0.126 e. The van der Waals surface area contributed by atoms with Crippen molar-refractivity contribution in [1.82, 2.24) is 5.32 Å². The van der Waals surface area contributed by atoms with Crippen molar-refractivity contribution < 1.29 is 9.13 Å². The molecule has 1 aromatic carbocycles. The molecule has 1 fully saturated rings. The number of benzene rings is 1. The maximum atomic E-state index is 13.6. The summed E-state index contributed by atoms with van der Waals surface area (Å²) >= 11 is 0. The first-order valence-electron chi connectivity index (χ1n) is 6.98. The minimum absolute atomic E-state index is 0.0609. The third kappa shape index (κ3) is 2.37. The van der Waals surface area contributed by atoms with Gasteiger partial charge >= 0.3 is 0 Å². The zero-order chi connectivity index (χ0) is 12.4. The van der Waals surface area contributed by atoms with Crippen LogP contribution < -0.4 is 10.1 Å². The highest BCUT2D eigenvalue weighted by Crippen LogP contribution is 2.32. The number of halogens is 1. The lowest BCUT2D eigenvalue weighted by Crippen LogP contribution is -2.33. The van der Waals surface area contributed by atoms with Crippen LogP contribution in [0.1, 0.15) is 30.4 Å². The van der Waals surface area contributed by atoms with E-state index in [2.05, 4.69) is 5.32 Å². The lowest BCUT2D eigenvalue weighted by atomic mass is 10.0. The zero-order valence-corrected chi connectivity index (χ0v) is 10.7. The lowest BCUT2D eigenvalue weighted by molar-refractivity contribution is 0.217. The summed E-state index contributed by atoms with van der Waals surface area (Å²) in [6, 6.07) is 3.36. The molecule has 1 aliphatic heterocycles. The van der Waals surface area contributed by atoms with Gasteiger partial charge in [-0.05, 0) is 56.3 Å². The molecule has 1 N–H and O–H groups in total. The van der Waals surface area contributed by atoms with Crippen LogP contribution in [0.2, 0.25) is 0 Å². The van der Waals surface area contributed by atoms with Crippen LogP contribution >= 0.6 is 0 Å². The molecule has 3 rings (SSSR count). The summed E-state index contributed by atoms with van der Waals surface area (Å²) in [5.74, 6) is 1.45. The highest BCUT2D eigenvalue weighted by Gasteiger charge is 2.20. The van der Waals surface area contributed by atoms with Gasteiger partial charge in [0.15, 0.2) is 0 Å². The average Bonchev–Trinajstić information content (AvgIpc) is 2.90. The van der Waals surface area contributed by atoms with Crippen LogP contribution in [0.3, 0.4) is 0 Å². The van der Waals surface area contributed by atoms with Crippen molar-refractivity contribution in [3.63, 3.8) is 0 Å². The number of piperidine rings is 1. The molecule has 1 heterocycles. The second kappa shape index (κ2) is 5.27. The largest absolute Gasteiger partial charge is 0.493 e. The molecule has 98 valence electrons. The van der Waals surface area contributed by atoms with Crippen molar-refractivity contribution in [3.05, 3.63) is 29.1 Å². The predicted molar refractivity (Wildman–Crippen MR) is 69.5 cm³/mol. The van der Waals surface area contributed by atoms with Gasteiger partial charge in [0.05, 0.1) is 6.61 Å². The molecule has 1 atom stereocenters. The maximum Gasteiger partial charge on any atom is 0.126 e. The summed E-state index contributed by atoms with van der Waals surface area (Å²) in [5.41, 5.74) is 1.99. The van der Waals surface area contributed by atoms with E-state index in [0.29, 0.717) is 5.92 Å². The Balaban J connectivity index is 1.67. The van der Waals surface area contributed by atoms with E-state index >= 15 is 0 Å². The van der Waals surface area contributed by atoms with E-state index in [1.807, 2.05) is 0 Å². The second-order valence-electron chi connectivity index (χ2n) is 5.38. The molecule has 0 amide bonds. The molecule has 2 nitrogen and oxygen atoms in total. The number of ether oxygens (including phenoxy) is 1. The van der Waals surface area contributed by atoms with Gasteiger partial charge in [-0.2, -0.15) is 0 Å². The van der Waals surface area contributed by atoms with Crippen LogP contribution in [-0.4, -0.2) is 19.7 Å². The summed E-state index contributed by atoms with van der Waals surface area (Å²) in [6.07, 6.45) is 5.35. The molecule has 0 radical (unpaired) electrons. The van der Waals surface area contributed by atoms with Gasteiger partial charge in [0.2, 0.25) is 0 Å². The standard InChI is InChI=1S/C15H20FNO/c16-14-6-7-15(13-5-1-4-12(13)14)18-10-11-3-2-8-17-9-11/h6-7,11,17H,1-5,8-10H2. The van der Waals surface area contributed by atoms with Gasteiger partial charge < -0.3 is 10.1 Å². The van der Waals surface area contributed by atoms with Crippen LogP contribution in [0.4, 0.5) is 4.39 Å². The molecule has 1 aliphatic carbocycles. The van der Waals surface area contributed by atoms with Crippen molar-refractivity contribution >= 4 is 0 Å². The number of nitrogens with one attached hydrogen (secondary N) is 1. The molecular weight excluding hydrogens is 229 g/mol. The quantitative estimate of drug-likeness (QED) is 0.889. The Bertz CT molecular complexity index is 427. The summed E-state index contributed by atoms with van der Waals surface area (Å²) < 4.78 is 19.5. The molecule has 18 heavy (non-hydrogen) atoms. The first kappa shape index (κ1) is 12.0. The van der Waals surface area contributed by atoms with Crippen LogP contribution in [0.5, 0.6) is 5.75 Å². The van der Waals surface area contributed by atoms with Crippen LogP contribution in [0.15, 0.2) is 12.1 Å². The van der Waals surface area contributed by atoms with Crippen molar-refractivity contribution in [2.24, 2.45) is 5.92 Å². The molecule has 0 spiro atoms. The van der Waals surface area contributed by atoms with E-state index in [4.69, 9.17) is 4.74 Å². The Labute approximate surface area is 108 Å². The Morgan fingerprint density at radius 1 is 1.22 bits per heavy atom. The van der Waals surface area contributed by atoms with Gasteiger partial charge in [0.1, 0.15) is 11.6 Å². The highest BCUT2D eigenvalue weighted by atomic mass is 19.1. The van der Waals surface area contributed by atoms with E-state index in [0.717, 1.165) is 55.8 Å². The summed E-state index contributed by atoms with van der Waals surface area (Å²) in [4.78, 5) is 0. The molecule has 1 saturated heterocycles. The van der Waals surface area contributed by atoms with Gasteiger partial charge in [-0.1, -0.05) is 0 Å². The molecule has 0 saturated carbocycles. The number of fused-ring (bicyclic) bond motifs is 1. The molecule has 2 aliphatic rings. The van der Waals surface area contributed by atoms with Crippen molar-refractivity contribution in [2.45, 2.75) is 32.1 Å². The summed E-state index contributed by atoms with van der Waals surface area (Å²) in [6.45, 7) is 2.93. The van der Waals surface area contributed by atoms with Gasteiger partial charge in [0, 0.05) is 18.0 Å². The van der Waals surface area contributed by atoms with Gasteiger partial charge in [-0.15, -0.1) is 0 Å². The Morgan fingerprint density at radius 3 is 2.94 bits per heavy atom. The minimum atomic E-state index is -0.0609. The number of hydrogen-bond acceptors (Lipinski definition) is 2. The van der Waals surface area contributed by atoms with Crippen LogP contribution in [0, 0.1) is 11.7 Å². The predicted octanol–water partition coefficient (Wildman–Crippen LogP) is 2.69. The number of hydrogen-bond donors (Lipinski definition) is 1. The number of rotatable bonds is 3. The van der Waals surface area contributed by atoms with Gasteiger partial charge in [-0.25, -0.2) is 4.39 Å². The van der Waals surface area contributed by atoms with Gasteiger partial charge in [0.25, 0.3) is 0 Å². The SMILES string of the molecule is Fc1ccc(OCC2CCCNC2)c2c1CCC2. The highest BCUT2D eigenvalue weighted by molar-refractivity contribution is 5.43. The zero-order valence-electron chi connectivity index (χ0n) is 10.7. The fraction of sp³-hybridized carbons (Fsp3) is 0.600. The molecule has 3 heteroatoms. The Kier molecular flexibility index (Phi) is 3.50. The topological polar surface area (TPSA) is 21.3 Å². The summed E-state index contributed by atoms with van der Waals surface area (Å²) in [5, 5.41) is 3.39. The fourth-order valence-corrected chi connectivity index (χ4v) is 3.04. The normalized spacial score (nSPS) is 22.8. The van der Waals surface area contributed by atoms with Crippen molar-refractivity contribution in [1.29, 1.82) is 0 Å². The van der Waals surface area contributed by atoms with E-state index in [-0.39, 0.29) is 5.82 Å². The molecule has 0 aromatic heterocycles. The molecule has 1 aromatic rings. The van der Waals surface area contributed by atoms with Crippen molar-refractivity contribution in [3.8, 4) is 5.75 Å². The van der Waals surface area contributed by atoms with E-state index in [1.54, 1.807) is 12.1 Å². The van der Waals surface area contributed by atoms with Crippen LogP contribution in [-0.2, 0) is 12.8 Å². The fourth-order valence-electron chi connectivity index (χ4n) is 3.04. The Hall–Kier alpha value is -1.09. The minimum Gasteiger partial charge on any atom is -0.493 e. The third-order valence-electron chi connectivity index (χ3n) is 4.06.